The zero-order valence-corrected chi connectivity index (χ0v) is 25.3. The second-order valence-electron chi connectivity index (χ2n) is 11.7. The van der Waals surface area contributed by atoms with Crippen LogP contribution in [0.25, 0.3) is 5.69 Å². The molecule has 1 aromatic heterocycles. The van der Waals surface area contributed by atoms with E-state index < -0.39 is 47.1 Å². The number of ether oxygens (including phenoxy) is 2. The lowest BCUT2D eigenvalue weighted by Gasteiger charge is -2.20. The maximum absolute atomic E-state index is 15.0. The Kier molecular flexibility index (Phi) is 9.29. The molecule has 12 heteroatoms. The number of anilines is 1. The molecule has 0 spiro atoms. The highest BCUT2D eigenvalue weighted by atomic mass is 19.4. The van der Waals surface area contributed by atoms with E-state index >= 15 is 4.39 Å². The molecule has 0 saturated heterocycles. The third kappa shape index (κ3) is 8.39. The lowest BCUT2D eigenvalue weighted by molar-refractivity contribution is -0.141. The molecule has 240 valence electrons. The fraction of sp³-hybridized carbons (Fsp3) is 0.265. The monoisotopic (exact) mass is 636 g/mol. The van der Waals surface area contributed by atoms with Crippen molar-refractivity contribution >= 4 is 17.7 Å². The molecule has 1 aliphatic rings. The van der Waals surface area contributed by atoms with E-state index in [4.69, 9.17) is 9.47 Å². The molecule has 2 amide bonds. The van der Waals surface area contributed by atoms with Gasteiger partial charge in [0.05, 0.1) is 18.0 Å². The summed E-state index contributed by atoms with van der Waals surface area (Å²) in [4.78, 5) is 25.6. The Morgan fingerprint density at radius 1 is 0.935 bits per heavy atom. The van der Waals surface area contributed by atoms with Crippen molar-refractivity contribution in [2.45, 2.75) is 45.2 Å². The molecular weight excluding hydrogens is 604 g/mol. The third-order valence-electron chi connectivity index (χ3n) is 6.79. The summed E-state index contributed by atoms with van der Waals surface area (Å²) >= 11 is 0. The lowest BCUT2D eigenvalue weighted by Crippen LogP contribution is -2.32. The highest BCUT2D eigenvalue weighted by Crippen LogP contribution is 2.33. The van der Waals surface area contributed by atoms with Gasteiger partial charge in [-0.3, -0.25) is 4.79 Å². The first kappa shape index (κ1) is 32.4. The van der Waals surface area contributed by atoms with Gasteiger partial charge in [0.1, 0.15) is 23.2 Å². The average molecular weight is 637 g/mol. The molecule has 46 heavy (non-hydrogen) atoms. The maximum Gasteiger partial charge on any atom is 0.435 e. The zero-order valence-electron chi connectivity index (χ0n) is 25.3. The number of carbonyl (C=O) groups is 2. The molecule has 0 saturated carbocycles. The Balaban J connectivity index is 1.42. The number of hydrogen-bond donors (Lipinski definition) is 2. The predicted molar refractivity (Wildman–Crippen MR) is 163 cm³/mol. The topological polar surface area (TPSA) is 94.5 Å². The first-order chi connectivity index (χ1) is 21.8. The van der Waals surface area contributed by atoms with E-state index in [1.807, 2.05) is 42.5 Å². The van der Waals surface area contributed by atoms with Crippen LogP contribution in [0.15, 0.2) is 91.0 Å². The Bertz CT molecular complexity index is 1740. The predicted octanol–water partition coefficient (Wildman–Crippen LogP) is 7.60. The van der Waals surface area contributed by atoms with Gasteiger partial charge in [0.2, 0.25) is 0 Å². The van der Waals surface area contributed by atoms with Gasteiger partial charge in [-0.15, -0.1) is 0 Å². The summed E-state index contributed by atoms with van der Waals surface area (Å²) in [7, 11) is 0. The van der Waals surface area contributed by atoms with Crippen molar-refractivity contribution < 1.29 is 36.6 Å². The van der Waals surface area contributed by atoms with E-state index in [1.165, 1.54) is 30.3 Å². The number of amides is 2. The molecule has 0 aliphatic heterocycles. The maximum atomic E-state index is 15.0. The quantitative estimate of drug-likeness (QED) is 0.138. The van der Waals surface area contributed by atoms with Crippen molar-refractivity contribution in [3.8, 4) is 5.69 Å². The average Bonchev–Trinajstić information content (AvgIpc) is 3.70. The highest BCUT2D eigenvalue weighted by molar-refractivity contribution is 6.03. The SMILES string of the molecule is CC(C)(C)OC(=O)NCc1cccc(-n2nc(C(F)(F)F)cc2C(=O)Nc2cc(C(OCC3C=C3)c3ccccc3)ccc2F)c1. The van der Waals surface area contributed by atoms with E-state index in [0.29, 0.717) is 23.8 Å². The fourth-order valence-electron chi connectivity index (χ4n) is 4.56. The van der Waals surface area contributed by atoms with Crippen LogP contribution in [0.4, 0.5) is 28.0 Å². The molecule has 1 aliphatic carbocycles. The van der Waals surface area contributed by atoms with Gasteiger partial charge in [0.25, 0.3) is 5.91 Å². The van der Waals surface area contributed by atoms with E-state index in [-0.39, 0.29) is 23.8 Å². The van der Waals surface area contributed by atoms with Crippen LogP contribution in [-0.4, -0.2) is 34.0 Å². The highest BCUT2D eigenvalue weighted by Gasteiger charge is 2.36. The molecule has 3 aromatic carbocycles. The van der Waals surface area contributed by atoms with E-state index in [0.717, 1.165) is 10.2 Å². The van der Waals surface area contributed by atoms with Gasteiger partial charge >= 0.3 is 12.3 Å². The number of carbonyl (C=O) groups excluding carboxylic acids is 2. The van der Waals surface area contributed by atoms with Crippen LogP contribution in [0.1, 0.15) is 59.7 Å². The standard InChI is InChI=1S/C34H32F4N4O4/c1-33(2,3)46-32(44)39-19-22-8-7-11-25(16-22)42-28(18-29(41-42)34(36,37)38)31(43)40-27-17-24(14-15-26(27)35)30(45-20-21-12-13-21)23-9-5-4-6-10-23/h4-18,21,30H,19-20H2,1-3H3,(H,39,44)(H,40,43). The van der Waals surface area contributed by atoms with Crippen molar-refractivity contribution in [3.63, 3.8) is 0 Å². The van der Waals surface area contributed by atoms with Gasteiger partial charge in [-0.1, -0.05) is 60.7 Å². The van der Waals surface area contributed by atoms with Gasteiger partial charge in [0.15, 0.2) is 5.69 Å². The zero-order chi connectivity index (χ0) is 33.1. The van der Waals surface area contributed by atoms with Crippen LogP contribution in [0.3, 0.4) is 0 Å². The number of nitrogens with one attached hydrogen (secondary N) is 2. The number of benzene rings is 3. The Morgan fingerprint density at radius 3 is 2.35 bits per heavy atom. The van der Waals surface area contributed by atoms with Crippen molar-refractivity contribution in [3.05, 3.63) is 125 Å². The van der Waals surface area contributed by atoms with Crippen LogP contribution in [-0.2, 0) is 22.2 Å². The Labute approximate surface area is 263 Å². The number of nitrogens with zero attached hydrogens (tertiary/aromatic N) is 2. The van der Waals surface area contributed by atoms with Gasteiger partial charge in [0, 0.05) is 18.5 Å². The molecule has 8 nitrogen and oxygen atoms in total. The summed E-state index contributed by atoms with van der Waals surface area (Å²) in [6, 6.07) is 20.1. The van der Waals surface area contributed by atoms with E-state index in [1.54, 1.807) is 32.9 Å². The minimum Gasteiger partial charge on any atom is -0.444 e. The molecule has 0 fully saturated rings. The summed E-state index contributed by atoms with van der Waals surface area (Å²) in [6.45, 7) is 5.53. The van der Waals surface area contributed by atoms with Crippen molar-refractivity contribution in [1.29, 1.82) is 0 Å². The molecule has 1 atom stereocenters. The van der Waals surface area contributed by atoms with Crippen LogP contribution in [0.2, 0.25) is 0 Å². The van der Waals surface area contributed by atoms with Gasteiger partial charge in [-0.25, -0.2) is 13.9 Å². The smallest absolute Gasteiger partial charge is 0.435 e. The van der Waals surface area contributed by atoms with Crippen molar-refractivity contribution in [2.24, 2.45) is 5.92 Å². The van der Waals surface area contributed by atoms with Gasteiger partial charge < -0.3 is 20.1 Å². The molecule has 1 unspecified atom stereocenters. The lowest BCUT2D eigenvalue weighted by atomic mass is 10.0. The normalized spacial score (nSPS) is 13.7. The van der Waals surface area contributed by atoms with E-state index in [2.05, 4.69) is 15.7 Å². The number of aromatic nitrogens is 2. The summed E-state index contributed by atoms with van der Waals surface area (Å²) in [5.74, 6) is -1.60. The molecule has 0 radical (unpaired) electrons. The van der Waals surface area contributed by atoms with E-state index in [9.17, 15) is 22.8 Å². The Morgan fingerprint density at radius 2 is 1.67 bits per heavy atom. The van der Waals surface area contributed by atoms with Crippen LogP contribution in [0.5, 0.6) is 0 Å². The number of alkyl halides is 3. The van der Waals surface area contributed by atoms with Crippen molar-refractivity contribution in [1.82, 2.24) is 15.1 Å². The first-order valence-electron chi connectivity index (χ1n) is 14.5. The summed E-state index contributed by atoms with van der Waals surface area (Å²) in [5.41, 5.74) is -0.789. The number of rotatable bonds is 10. The number of halogens is 4. The molecular formula is C34H32F4N4O4. The minimum atomic E-state index is -4.86. The molecule has 1 heterocycles. The second kappa shape index (κ2) is 13.2. The van der Waals surface area contributed by atoms with Crippen LogP contribution in [0, 0.1) is 11.7 Å². The second-order valence-corrected chi connectivity index (χ2v) is 11.7. The summed E-state index contributed by atoms with van der Waals surface area (Å²) in [6.07, 6.45) is -2.14. The molecule has 0 bridgehead atoms. The summed E-state index contributed by atoms with van der Waals surface area (Å²) < 4.78 is 68.5. The largest absolute Gasteiger partial charge is 0.444 e. The summed E-state index contributed by atoms with van der Waals surface area (Å²) in [5, 5.41) is 8.65. The van der Waals surface area contributed by atoms with Crippen LogP contribution < -0.4 is 10.6 Å². The number of hydrogen-bond acceptors (Lipinski definition) is 5. The third-order valence-corrected chi connectivity index (χ3v) is 6.79. The molecule has 5 rings (SSSR count). The first-order valence-corrected chi connectivity index (χ1v) is 14.5. The molecule has 4 aromatic rings. The minimum absolute atomic E-state index is 0.00283. The van der Waals surface area contributed by atoms with Gasteiger partial charge in [-0.05, 0) is 61.7 Å². The fourth-order valence-corrected chi connectivity index (χ4v) is 4.56. The van der Waals surface area contributed by atoms with Crippen LogP contribution >= 0.6 is 0 Å². The van der Waals surface area contributed by atoms with Gasteiger partial charge in [-0.2, -0.15) is 18.3 Å². The van der Waals surface area contributed by atoms with Crippen molar-refractivity contribution in [2.75, 3.05) is 11.9 Å². The number of alkyl carbamates (subject to hydrolysis) is 1. The Hall–Kier alpha value is -4.97. The molecule has 2 N–H and O–H groups in total.